The minimum Gasteiger partial charge on any atom is -0.493 e. The van der Waals surface area contributed by atoms with Crippen molar-refractivity contribution in [2.24, 2.45) is 0 Å². The van der Waals surface area contributed by atoms with Crippen molar-refractivity contribution >= 4 is 21.2 Å². The van der Waals surface area contributed by atoms with Gasteiger partial charge in [0.25, 0.3) is 5.69 Å². The first-order chi connectivity index (χ1) is 12.9. The van der Waals surface area contributed by atoms with Gasteiger partial charge in [-0.15, -0.1) is 0 Å². The second-order valence-electron chi connectivity index (χ2n) is 5.87. The zero-order valence-electron chi connectivity index (χ0n) is 14.8. The lowest BCUT2D eigenvalue weighted by Gasteiger charge is -2.23. The highest BCUT2D eigenvalue weighted by Gasteiger charge is 2.21. The van der Waals surface area contributed by atoms with Gasteiger partial charge in [-0.05, 0) is 36.2 Å². The van der Waals surface area contributed by atoms with E-state index in [0.29, 0.717) is 35.7 Å². The quantitative estimate of drug-likeness (QED) is 0.617. The Morgan fingerprint density at radius 2 is 1.74 bits per heavy atom. The maximum absolute atomic E-state index is 12.7. The molecule has 9 heteroatoms. The maximum Gasteiger partial charge on any atom is 0.269 e. The van der Waals surface area contributed by atoms with Crippen molar-refractivity contribution in [3.63, 3.8) is 0 Å². The molecule has 1 aliphatic rings. The molecule has 0 radical (unpaired) electrons. The third-order valence-corrected chi connectivity index (χ3v) is 5.73. The zero-order valence-corrected chi connectivity index (χ0v) is 15.6. The molecule has 2 aromatic rings. The van der Waals surface area contributed by atoms with Crippen molar-refractivity contribution in [2.75, 3.05) is 20.8 Å². The molecule has 1 N–H and O–H groups in total. The molecule has 0 spiro atoms. The molecule has 3 rings (SSSR count). The van der Waals surface area contributed by atoms with E-state index in [4.69, 9.17) is 9.47 Å². The van der Waals surface area contributed by atoms with Crippen LogP contribution in [0.5, 0.6) is 11.5 Å². The molecule has 8 nitrogen and oxygen atoms in total. The van der Waals surface area contributed by atoms with E-state index in [0.717, 1.165) is 11.0 Å². The molecule has 1 heterocycles. The van der Waals surface area contributed by atoms with Gasteiger partial charge in [-0.25, -0.2) is 8.42 Å². The summed E-state index contributed by atoms with van der Waals surface area (Å²) in [5.41, 5.74) is 1.93. The van der Waals surface area contributed by atoms with Crippen molar-refractivity contribution < 1.29 is 22.8 Å². The number of benzene rings is 2. The number of hydrogen-bond donors (Lipinski definition) is 1. The van der Waals surface area contributed by atoms with Crippen molar-refractivity contribution in [3.8, 4) is 11.5 Å². The van der Waals surface area contributed by atoms with E-state index < -0.39 is 14.8 Å². The van der Waals surface area contributed by atoms with E-state index in [2.05, 4.69) is 5.32 Å². The molecule has 0 atom stereocenters. The van der Waals surface area contributed by atoms with Crippen LogP contribution in [-0.4, -0.2) is 34.1 Å². The Labute approximate surface area is 156 Å². The van der Waals surface area contributed by atoms with E-state index in [1.165, 1.54) is 31.4 Å². The number of hydrogen-bond acceptors (Lipinski definition) is 7. The highest BCUT2D eigenvalue weighted by molar-refractivity contribution is 7.94. The van der Waals surface area contributed by atoms with Crippen LogP contribution < -0.4 is 14.8 Å². The molecule has 0 unspecified atom stereocenters. The normalized spacial score (nSPS) is 15.0. The van der Waals surface area contributed by atoms with Crippen molar-refractivity contribution in [2.45, 2.75) is 11.3 Å². The number of fused-ring (bicyclic) bond motifs is 1. The lowest BCUT2D eigenvalue weighted by atomic mass is 9.98. The third kappa shape index (κ3) is 3.72. The van der Waals surface area contributed by atoms with Gasteiger partial charge in [-0.3, -0.25) is 10.1 Å². The fourth-order valence-corrected chi connectivity index (χ4v) is 4.06. The summed E-state index contributed by atoms with van der Waals surface area (Å²) in [6, 6.07) is 8.35. The predicted molar refractivity (Wildman–Crippen MR) is 99.5 cm³/mol. The first-order valence-corrected chi connectivity index (χ1v) is 9.60. The van der Waals surface area contributed by atoms with Crippen LogP contribution >= 0.6 is 0 Å². The predicted octanol–water partition coefficient (Wildman–Crippen LogP) is 2.53. The van der Waals surface area contributed by atoms with Gasteiger partial charge < -0.3 is 14.8 Å². The summed E-state index contributed by atoms with van der Waals surface area (Å²) in [4.78, 5) is 10.1. The number of sulfone groups is 1. The van der Waals surface area contributed by atoms with E-state index in [9.17, 15) is 18.5 Å². The summed E-state index contributed by atoms with van der Waals surface area (Å²) in [6.07, 6.45) is 0.713. The van der Waals surface area contributed by atoms with Crippen molar-refractivity contribution in [1.82, 2.24) is 5.32 Å². The van der Waals surface area contributed by atoms with Gasteiger partial charge in [0.05, 0.1) is 35.1 Å². The Morgan fingerprint density at radius 3 is 2.33 bits per heavy atom. The number of ether oxygens (including phenoxy) is 2. The molecule has 142 valence electrons. The molecule has 0 aromatic heterocycles. The van der Waals surface area contributed by atoms with Gasteiger partial charge in [0.15, 0.2) is 11.5 Å². The van der Waals surface area contributed by atoms with Gasteiger partial charge in [0.2, 0.25) is 9.84 Å². The fourth-order valence-electron chi connectivity index (χ4n) is 2.89. The van der Waals surface area contributed by atoms with Gasteiger partial charge >= 0.3 is 0 Å². The number of nitrogens with zero attached hydrogens (tertiary/aromatic N) is 1. The topological polar surface area (TPSA) is 108 Å². The summed E-state index contributed by atoms with van der Waals surface area (Å²) in [5.74, 6) is 1.08. The molecule has 0 aliphatic carbocycles. The summed E-state index contributed by atoms with van der Waals surface area (Å²) < 4.78 is 36.1. The SMILES string of the molecule is COc1cc2c(cc1OC)/C(=C\S(=O)(=O)c1ccc([N+](=O)[O-])cc1)NCC2. The van der Waals surface area contributed by atoms with E-state index in [1.54, 1.807) is 13.2 Å². The minimum atomic E-state index is -3.80. The molecule has 0 saturated heterocycles. The molecule has 27 heavy (non-hydrogen) atoms. The number of rotatable bonds is 5. The second kappa shape index (κ2) is 7.28. The molecule has 0 fully saturated rings. The first kappa shape index (κ1) is 18.7. The largest absolute Gasteiger partial charge is 0.493 e. The molecule has 1 aliphatic heterocycles. The zero-order chi connectivity index (χ0) is 19.6. The molecular weight excluding hydrogens is 372 g/mol. The van der Waals surface area contributed by atoms with Crippen molar-refractivity contribution in [1.29, 1.82) is 0 Å². The smallest absolute Gasteiger partial charge is 0.269 e. The van der Waals surface area contributed by atoms with E-state index in [1.807, 2.05) is 6.07 Å². The number of nitro benzene ring substituents is 1. The monoisotopic (exact) mass is 390 g/mol. The minimum absolute atomic E-state index is 0.0185. The summed E-state index contributed by atoms with van der Waals surface area (Å²) in [6.45, 7) is 0.574. The Balaban J connectivity index is 2.04. The average Bonchev–Trinajstić information content (AvgIpc) is 2.67. The number of nitro groups is 1. The summed E-state index contributed by atoms with van der Waals surface area (Å²) in [5, 5.41) is 15.0. The number of nitrogens with one attached hydrogen (secondary N) is 1. The van der Waals surface area contributed by atoms with Crippen LogP contribution in [0.3, 0.4) is 0 Å². The van der Waals surface area contributed by atoms with Gasteiger partial charge in [-0.2, -0.15) is 0 Å². The molecule has 0 bridgehead atoms. The van der Waals surface area contributed by atoms with Gasteiger partial charge in [0.1, 0.15) is 0 Å². The molecular formula is C18H18N2O6S. The average molecular weight is 390 g/mol. The van der Waals surface area contributed by atoms with Crippen LogP contribution in [0.4, 0.5) is 5.69 Å². The van der Waals surface area contributed by atoms with Crippen LogP contribution in [0.25, 0.3) is 5.70 Å². The Bertz CT molecular complexity index is 1010. The van der Waals surface area contributed by atoms with Crippen molar-refractivity contribution in [3.05, 3.63) is 63.0 Å². The number of methoxy groups -OCH3 is 2. The van der Waals surface area contributed by atoms with Crippen LogP contribution in [-0.2, 0) is 16.3 Å². The maximum atomic E-state index is 12.7. The number of non-ortho nitro benzene ring substituents is 1. The standard InChI is InChI=1S/C18H18N2O6S/c1-25-17-9-12-7-8-19-16(15(12)10-18(17)26-2)11-27(23,24)14-5-3-13(4-6-14)20(21)22/h3-6,9-11,19H,7-8H2,1-2H3/b16-11+. The summed E-state index contributed by atoms with van der Waals surface area (Å²) in [7, 11) is -0.745. The van der Waals surface area contributed by atoms with E-state index >= 15 is 0 Å². The first-order valence-electron chi connectivity index (χ1n) is 8.06. The highest BCUT2D eigenvalue weighted by Crippen LogP contribution is 2.35. The Kier molecular flexibility index (Phi) is 5.04. The summed E-state index contributed by atoms with van der Waals surface area (Å²) >= 11 is 0. The van der Waals surface area contributed by atoms with Gasteiger partial charge in [0, 0.05) is 24.2 Å². The Hall–Kier alpha value is -3.07. The fraction of sp³-hybridized carbons (Fsp3) is 0.222. The van der Waals surface area contributed by atoms with Crippen LogP contribution in [0.1, 0.15) is 11.1 Å². The lowest BCUT2D eigenvalue weighted by Crippen LogP contribution is -2.23. The van der Waals surface area contributed by atoms with Crippen LogP contribution in [0.2, 0.25) is 0 Å². The lowest BCUT2D eigenvalue weighted by molar-refractivity contribution is -0.384. The third-order valence-electron chi connectivity index (χ3n) is 4.26. The van der Waals surface area contributed by atoms with Gasteiger partial charge in [-0.1, -0.05) is 0 Å². The van der Waals surface area contributed by atoms with Crippen LogP contribution in [0.15, 0.2) is 46.7 Å². The Morgan fingerprint density at radius 1 is 1.11 bits per heavy atom. The second-order valence-corrected chi connectivity index (χ2v) is 7.67. The molecule has 0 saturated carbocycles. The van der Waals surface area contributed by atoms with Crippen LogP contribution in [0, 0.1) is 10.1 Å². The van der Waals surface area contributed by atoms with E-state index in [-0.39, 0.29) is 10.6 Å². The highest BCUT2D eigenvalue weighted by atomic mass is 32.2. The molecule has 0 amide bonds. The molecule has 2 aromatic carbocycles.